The number of aryl methyl sites for hydroxylation is 1. The summed E-state index contributed by atoms with van der Waals surface area (Å²) < 4.78 is 6.23. The highest BCUT2D eigenvalue weighted by Gasteiger charge is 2.16. The summed E-state index contributed by atoms with van der Waals surface area (Å²) in [5.74, 6) is 1.70. The maximum atomic E-state index is 6.23. The van der Waals surface area contributed by atoms with Crippen LogP contribution in [0, 0.1) is 6.92 Å². The molecule has 0 N–H and O–H groups in total. The molecule has 30 heavy (non-hydrogen) atoms. The Hall–Kier alpha value is -3.06. The second-order valence-electron chi connectivity index (χ2n) is 8.12. The van der Waals surface area contributed by atoms with Crippen LogP contribution in [0.5, 0.6) is 0 Å². The first-order valence-electron chi connectivity index (χ1n) is 10.9. The van der Waals surface area contributed by atoms with Crippen LogP contribution in [0.15, 0.2) is 95.0 Å². The summed E-state index contributed by atoms with van der Waals surface area (Å²) in [4.78, 5) is 0. The molecule has 2 aromatic rings. The molecule has 1 aromatic carbocycles. The molecule has 0 aliphatic heterocycles. The number of benzene rings is 1. The van der Waals surface area contributed by atoms with Crippen molar-refractivity contribution in [2.24, 2.45) is 0 Å². The van der Waals surface area contributed by atoms with Crippen molar-refractivity contribution in [2.45, 2.75) is 44.9 Å². The largest absolute Gasteiger partial charge is 0.461 e. The maximum absolute atomic E-state index is 6.23. The quantitative estimate of drug-likeness (QED) is 0.518. The zero-order chi connectivity index (χ0) is 20.8. The van der Waals surface area contributed by atoms with Crippen LogP contribution in [0.1, 0.15) is 54.9 Å². The second-order valence-corrected chi connectivity index (χ2v) is 8.12. The molecule has 0 amide bonds. The van der Waals surface area contributed by atoms with Crippen LogP contribution in [0.4, 0.5) is 0 Å². The molecule has 4 rings (SSSR count). The van der Waals surface area contributed by atoms with Gasteiger partial charge in [-0.1, -0.05) is 98.0 Å². The zero-order valence-electron chi connectivity index (χ0n) is 17.9. The molecule has 152 valence electrons. The maximum Gasteiger partial charge on any atom is 0.131 e. The van der Waals surface area contributed by atoms with Crippen LogP contribution in [0.25, 0.3) is 12.2 Å². The Balaban J connectivity index is 1.52. The van der Waals surface area contributed by atoms with Gasteiger partial charge in [-0.15, -0.1) is 0 Å². The Bertz CT molecular complexity index is 1130. The van der Waals surface area contributed by atoms with E-state index >= 15 is 0 Å². The molecule has 2 atom stereocenters. The minimum Gasteiger partial charge on any atom is -0.461 e. The molecule has 0 saturated carbocycles. The second kappa shape index (κ2) is 9.63. The van der Waals surface area contributed by atoms with E-state index in [-0.39, 0.29) is 5.92 Å². The molecule has 2 aliphatic carbocycles. The lowest BCUT2D eigenvalue weighted by molar-refractivity contribution is 0.494. The predicted molar refractivity (Wildman–Crippen MR) is 128 cm³/mol. The molecule has 1 heterocycles. The van der Waals surface area contributed by atoms with Crippen LogP contribution >= 0.6 is 0 Å². The van der Waals surface area contributed by atoms with Crippen LogP contribution in [0.2, 0.25) is 0 Å². The third-order valence-corrected chi connectivity index (χ3v) is 5.85. The van der Waals surface area contributed by atoms with Gasteiger partial charge < -0.3 is 4.42 Å². The van der Waals surface area contributed by atoms with E-state index < -0.39 is 0 Å². The number of hydrogen-bond donors (Lipinski definition) is 0. The van der Waals surface area contributed by atoms with Gasteiger partial charge in [0.05, 0.1) is 0 Å². The Kier molecular flexibility index (Phi) is 6.49. The van der Waals surface area contributed by atoms with E-state index in [4.69, 9.17) is 4.42 Å². The van der Waals surface area contributed by atoms with Crippen molar-refractivity contribution < 1.29 is 4.42 Å². The molecule has 0 radical (unpaired) electrons. The summed E-state index contributed by atoms with van der Waals surface area (Å²) in [6, 6.07) is 10.6. The van der Waals surface area contributed by atoms with Gasteiger partial charge in [0.1, 0.15) is 11.2 Å². The van der Waals surface area contributed by atoms with Crippen LogP contribution in [0.3, 0.4) is 0 Å². The van der Waals surface area contributed by atoms with Crippen molar-refractivity contribution in [3.8, 4) is 0 Å². The lowest BCUT2D eigenvalue weighted by Crippen LogP contribution is -2.24. The molecule has 0 saturated heterocycles. The molecule has 2 unspecified atom stereocenters. The lowest BCUT2D eigenvalue weighted by atomic mass is 9.95. The van der Waals surface area contributed by atoms with E-state index in [0.717, 1.165) is 30.4 Å². The molecule has 2 aliphatic rings. The molecule has 1 heteroatoms. The minimum atomic E-state index is 0.243. The average molecular weight is 395 g/mol. The predicted octanol–water partition coefficient (Wildman–Crippen LogP) is 6.39. The van der Waals surface area contributed by atoms with E-state index in [0.29, 0.717) is 5.92 Å². The summed E-state index contributed by atoms with van der Waals surface area (Å²) >= 11 is 0. The number of furan rings is 1. The molecule has 0 fully saturated rings. The van der Waals surface area contributed by atoms with Gasteiger partial charge in [0.15, 0.2) is 0 Å². The Labute approximate surface area is 179 Å². The van der Waals surface area contributed by atoms with Gasteiger partial charge in [0.25, 0.3) is 0 Å². The summed E-state index contributed by atoms with van der Waals surface area (Å²) in [6.45, 7) is 4.40. The van der Waals surface area contributed by atoms with E-state index in [1.165, 1.54) is 21.9 Å². The van der Waals surface area contributed by atoms with Crippen molar-refractivity contribution in [3.63, 3.8) is 0 Å². The van der Waals surface area contributed by atoms with Gasteiger partial charge in [-0.2, -0.15) is 0 Å². The summed E-state index contributed by atoms with van der Waals surface area (Å²) in [5.41, 5.74) is 4.98. The fraction of sp³-hybridized carbons (Fsp3) is 0.241. The molecule has 1 nitrogen and oxygen atoms in total. The normalized spacial score (nSPS) is 18.9. The van der Waals surface area contributed by atoms with Gasteiger partial charge >= 0.3 is 0 Å². The molecular weight excluding hydrogens is 364 g/mol. The zero-order valence-corrected chi connectivity index (χ0v) is 17.9. The van der Waals surface area contributed by atoms with Gasteiger partial charge in [-0.3, -0.25) is 0 Å². The smallest absolute Gasteiger partial charge is 0.131 e. The monoisotopic (exact) mass is 394 g/mol. The Morgan fingerprint density at radius 1 is 1.07 bits per heavy atom. The van der Waals surface area contributed by atoms with Crippen molar-refractivity contribution in [1.29, 1.82) is 0 Å². The Morgan fingerprint density at radius 3 is 2.80 bits per heavy atom. The fourth-order valence-electron chi connectivity index (χ4n) is 4.28. The van der Waals surface area contributed by atoms with Gasteiger partial charge in [-0.25, -0.2) is 0 Å². The van der Waals surface area contributed by atoms with Crippen LogP contribution < -0.4 is 10.6 Å². The average Bonchev–Trinajstić information content (AvgIpc) is 2.96. The highest BCUT2D eigenvalue weighted by molar-refractivity contribution is 5.52. The highest BCUT2D eigenvalue weighted by Crippen LogP contribution is 2.23. The molecule has 0 bridgehead atoms. The number of fused-ring (bicyclic) bond motifs is 1. The van der Waals surface area contributed by atoms with E-state index in [9.17, 15) is 0 Å². The first kappa shape index (κ1) is 20.2. The fourth-order valence-corrected chi connectivity index (χ4v) is 4.28. The first-order chi connectivity index (χ1) is 14.7. The van der Waals surface area contributed by atoms with E-state index in [2.05, 4.69) is 111 Å². The SMILES string of the molecule is Cc1oc2c(c1C(C)C/C=C\CC1=CC=CCC=C1)=CC=CC(c1ccccc1)C=2. The highest BCUT2D eigenvalue weighted by atomic mass is 16.3. The Morgan fingerprint density at radius 2 is 1.93 bits per heavy atom. The third-order valence-electron chi connectivity index (χ3n) is 5.85. The molecule has 0 spiro atoms. The van der Waals surface area contributed by atoms with Crippen molar-refractivity contribution in [3.05, 3.63) is 118 Å². The number of hydrogen-bond acceptors (Lipinski definition) is 1. The number of allylic oxidation sites excluding steroid dienone is 10. The summed E-state index contributed by atoms with van der Waals surface area (Å²) in [6.07, 6.45) is 27.5. The van der Waals surface area contributed by atoms with Crippen LogP contribution in [-0.4, -0.2) is 0 Å². The number of rotatable bonds is 6. The van der Waals surface area contributed by atoms with Crippen molar-refractivity contribution in [2.75, 3.05) is 0 Å². The summed E-state index contributed by atoms with van der Waals surface area (Å²) in [7, 11) is 0. The topological polar surface area (TPSA) is 13.1 Å². The van der Waals surface area contributed by atoms with Crippen LogP contribution in [-0.2, 0) is 0 Å². The lowest BCUT2D eigenvalue weighted by Gasteiger charge is -2.08. The van der Waals surface area contributed by atoms with Gasteiger partial charge in [0, 0.05) is 16.7 Å². The van der Waals surface area contributed by atoms with E-state index in [1.807, 2.05) is 0 Å². The van der Waals surface area contributed by atoms with Crippen molar-refractivity contribution in [1.82, 2.24) is 0 Å². The van der Waals surface area contributed by atoms with Gasteiger partial charge in [-0.05, 0) is 49.3 Å². The first-order valence-corrected chi connectivity index (χ1v) is 10.9. The molecular formula is C29H30O. The molecule has 1 aromatic heterocycles. The van der Waals surface area contributed by atoms with Gasteiger partial charge in [0.2, 0.25) is 0 Å². The third kappa shape index (κ3) is 4.74. The van der Waals surface area contributed by atoms with E-state index in [1.54, 1.807) is 0 Å². The summed E-state index contributed by atoms with van der Waals surface area (Å²) in [5, 5.41) is 1.24. The standard InChI is InChI=1S/C29H30O/c1-22(13-10-11-16-24-14-6-3-4-7-15-24)29-23(2)30-28-21-26(19-12-20-27(28)29)25-17-8-5-9-18-25/h3,5-12,14-15,17-22,26H,4,13,16H2,1-2H3/b11-10-. The minimum absolute atomic E-state index is 0.243. The van der Waals surface area contributed by atoms with Crippen molar-refractivity contribution >= 4 is 12.2 Å².